The number of pyridine rings is 1. The Morgan fingerprint density at radius 2 is 1.93 bits per heavy atom. The number of aliphatic imine (C=N–C) groups is 1. The number of benzene rings is 1. The first-order valence-corrected chi connectivity index (χ1v) is 9.87. The van der Waals surface area contributed by atoms with E-state index in [0.29, 0.717) is 11.7 Å². The minimum absolute atomic E-state index is 0. The number of guanidine groups is 1. The Morgan fingerprint density at radius 3 is 2.60 bits per heavy atom. The lowest BCUT2D eigenvalue weighted by molar-refractivity contribution is 0.414. The smallest absolute Gasteiger partial charge is 0.191 e. The molecule has 30 heavy (non-hydrogen) atoms. The fraction of sp³-hybridized carbons (Fsp3) is 0.286. The largest absolute Gasteiger partial charge is 0.497 e. The summed E-state index contributed by atoms with van der Waals surface area (Å²) in [4.78, 5) is 8.73. The van der Waals surface area contributed by atoms with Crippen molar-refractivity contribution in [2.75, 3.05) is 20.2 Å². The van der Waals surface area contributed by atoms with E-state index in [1.165, 1.54) is 0 Å². The van der Waals surface area contributed by atoms with Crippen LogP contribution in [0.4, 0.5) is 0 Å². The second-order valence-electron chi connectivity index (χ2n) is 6.31. The minimum Gasteiger partial charge on any atom is -0.497 e. The van der Waals surface area contributed by atoms with Gasteiger partial charge in [-0.3, -0.25) is 0 Å². The molecule has 7 nitrogen and oxygen atoms in total. The molecule has 0 atom stereocenters. The lowest BCUT2D eigenvalue weighted by atomic mass is 10.2. The number of halogens is 2. The molecule has 0 aliphatic rings. The standard InChI is InChI=1S/C21H25ClN6O.HI/c1-3-23-21(24-12-10-16-4-9-20(22)25-14-16)26-15-17-11-13-28(27-17)18-5-7-19(29-2)8-6-18;/h4-9,11,13-14H,3,10,12,15H2,1-2H3,(H2,23,24,26);1H. The van der Waals surface area contributed by atoms with Crippen molar-refractivity contribution in [3.8, 4) is 11.4 Å². The van der Waals surface area contributed by atoms with Crippen molar-refractivity contribution in [3.05, 3.63) is 71.3 Å². The van der Waals surface area contributed by atoms with Crippen molar-refractivity contribution in [2.24, 2.45) is 4.99 Å². The Bertz CT molecular complexity index is 927. The molecule has 3 rings (SSSR count). The van der Waals surface area contributed by atoms with Gasteiger partial charge in [-0.2, -0.15) is 5.10 Å². The highest BCUT2D eigenvalue weighted by atomic mass is 127. The molecule has 0 aliphatic heterocycles. The molecule has 160 valence electrons. The summed E-state index contributed by atoms with van der Waals surface area (Å²) in [6.45, 7) is 4.06. The van der Waals surface area contributed by atoms with E-state index in [1.54, 1.807) is 19.4 Å². The molecule has 0 aliphatic carbocycles. The first-order valence-electron chi connectivity index (χ1n) is 9.49. The normalized spacial score (nSPS) is 11.0. The predicted octanol–water partition coefficient (Wildman–Crippen LogP) is 3.85. The maximum atomic E-state index is 5.82. The van der Waals surface area contributed by atoms with Crippen molar-refractivity contribution >= 4 is 41.5 Å². The van der Waals surface area contributed by atoms with Crippen LogP contribution in [0.3, 0.4) is 0 Å². The van der Waals surface area contributed by atoms with E-state index >= 15 is 0 Å². The fourth-order valence-electron chi connectivity index (χ4n) is 2.71. The number of methoxy groups -OCH3 is 1. The zero-order chi connectivity index (χ0) is 20.5. The highest BCUT2D eigenvalue weighted by Gasteiger charge is 2.03. The highest BCUT2D eigenvalue weighted by Crippen LogP contribution is 2.14. The van der Waals surface area contributed by atoms with Crippen LogP contribution in [0.5, 0.6) is 5.75 Å². The Balaban J connectivity index is 0.00000320. The Morgan fingerprint density at radius 1 is 1.13 bits per heavy atom. The number of hydrogen-bond donors (Lipinski definition) is 2. The molecular formula is C21H26ClIN6O. The highest BCUT2D eigenvalue weighted by molar-refractivity contribution is 14.0. The summed E-state index contributed by atoms with van der Waals surface area (Å²) >= 11 is 5.82. The van der Waals surface area contributed by atoms with Gasteiger partial charge in [-0.25, -0.2) is 14.7 Å². The van der Waals surface area contributed by atoms with Gasteiger partial charge in [0.25, 0.3) is 0 Å². The van der Waals surface area contributed by atoms with Gasteiger partial charge in [0.05, 0.1) is 25.0 Å². The van der Waals surface area contributed by atoms with Gasteiger partial charge < -0.3 is 15.4 Å². The van der Waals surface area contributed by atoms with Crippen LogP contribution in [0.1, 0.15) is 18.2 Å². The Labute approximate surface area is 198 Å². The lowest BCUT2D eigenvalue weighted by Crippen LogP contribution is -2.38. The molecule has 2 aromatic heterocycles. The average molecular weight is 541 g/mol. The number of nitrogens with zero attached hydrogens (tertiary/aromatic N) is 4. The summed E-state index contributed by atoms with van der Waals surface area (Å²) in [5.74, 6) is 1.58. The van der Waals surface area contributed by atoms with Crippen LogP contribution in [-0.2, 0) is 13.0 Å². The molecule has 2 heterocycles. The van der Waals surface area contributed by atoms with Crippen LogP contribution in [0, 0.1) is 0 Å². The molecule has 2 N–H and O–H groups in total. The number of rotatable bonds is 8. The number of hydrogen-bond acceptors (Lipinski definition) is 4. The van der Waals surface area contributed by atoms with Crippen LogP contribution in [0.15, 0.2) is 59.9 Å². The topological polar surface area (TPSA) is 76.4 Å². The van der Waals surface area contributed by atoms with E-state index in [1.807, 2.05) is 54.2 Å². The molecule has 0 amide bonds. The molecule has 0 saturated heterocycles. The zero-order valence-corrected chi connectivity index (χ0v) is 20.1. The first-order chi connectivity index (χ1) is 14.2. The molecular weight excluding hydrogens is 515 g/mol. The van der Waals surface area contributed by atoms with Gasteiger partial charge in [0.15, 0.2) is 5.96 Å². The van der Waals surface area contributed by atoms with Crippen LogP contribution < -0.4 is 15.4 Å². The quantitative estimate of drug-likeness (QED) is 0.197. The van der Waals surface area contributed by atoms with Gasteiger partial charge in [-0.1, -0.05) is 17.7 Å². The maximum absolute atomic E-state index is 5.82. The van der Waals surface area contributed by atoms with Crippen LogP contribution in [0.2, 0.25) is 5.15 Å². The van der Waals surface area contributed by atoms with Gasteiger partial charge in [0.2, 0.25) is 0 Å². The number of nitrogens with one attached hydrogen (secondary N) is 2. The van der Waals surface area contributed by atoms with E-state index in [0.717, 1.165) is 48.2 Å². The number of aromatic nitrogens is 3. The molecule has 0 bridgehead atoms. The van der Waals surface area contributed by atoms with E-state index in [4.69, 9.17) is 16.3 Å². The van der Waals surface area contributed by atoms with Crippen molar-refractivity contribution in [1.29, 1.82) is 0 Å². The Hall–Kier alpha value is -2.33. The van der Waals surface area contributed by atoms with Crippen LogP contribution in [-0.4, -0.2) is 40.9 Å². The summed E-state index contributed by atoms with van der Waals surface area (Å²) in [5, 5.41) is 11.7. The summed E-state index contributed by atoms with van der Waals surface area (Å²) in [6, 6.07) is 13.5. The summed E-state index contributed by atoms with van der Waals surface area (Å²) < 4.78 is 7.02. The van der Waals surface area contributed by atoms with Gasteiger partial charge in [-0.15, -0.1) is 24.0 Å². The molecule has 0 unspecified atom stereocenters. The van der Waals surface area contributed by atoms with Crippen LogP contribution in [0.25, 0.3) is 5.69 Å². The molecule has 9 heteroatoms. The molecule has 0 radical (unpaired) electrons. The van der Waals surface area contributed by atoms with Gasteiger partial charge >= 0.3 is 0 Å². The van der Waals surface area contributed by atoms with Crippen molar-refractivity contribution in [3.63, 3.8) is 0 Å². The van der Waals surface area contributed by atoms with Crippen LogP contribution >= 0.6 is 35.6 Å². The van der Waals surface area contributed by atoms with Crippen molar-refractivity contribution in [1.82, 2.24) is 25.4 Å². The SMILES string of the molecule is CCNC(=NCc1ccn(-c2ccc(OC)cc2)n1)NCCc1ccc(Cl)nc1.I. The van der Waals surface area contributed by atoms with E-state index < -0.39 is 0 Å². The van der Waals surface area contributed by atoms with E-state index in [9.17, 15) is 0 Å². The second-order valence-corrected chi connectivity index (χ2v) is 6.70. The van der Waals surface area contributed by atoms with E-state index in [2.05, 4.69) is 25.7 Å². The van der Waals surface area contributed by atoms with E-state index in [-0.39, 0.29) is 24.0 Å². The zero-order valence-electron chi connectivity index (χ0n) is 17.0. The molecule has 0 spiro atoms. The predicted molar refractivity (Wildman–Crippen MR) is 131 cm³/mol. The van der Waals surface area contributed by atoms with Crippen molar-refractivity contribution in [2.45, 2.75) is 19.9 Å². The van der Waals surface area contributed by atoms with Gasteiger partial charge in [0.1, 0.15) is 10.9 Å². The van der Waals surface area contributed by atoms with Gasteiger partial charge in [-0.05, 0) is 55.3 Å². The van der Waals surface area contributed by atoms with Gasteiger partial charge in [0, 0.05) is 25.5 Å². The maximum Gasteiger partial charge on any atom is 0.191 e. The van der Waals surface area contributed by atoms with Crippen molar-refractivity contribution < 1.29 is 4.74 Å². The average Bonchev–Trinajstić information content (AvgIpc) is 3.22. The fourth-order valence-corrected chi connectivity index (χ4v) is 2.82. The number of ether oxygens (including phenoxy) is 1. The molecule has 0 saturated carbocycles. The molecule has 3 aromatic rings. The summed E-state index contributed by atoms with van der Waals surface area (Å²) in [6.07, 6.45) is 4.56. The third-order valence-electron chi connectivity index (χ3n) is 4.22. The summed E-state index contributed by atoms with van der Waals surface area (Å²) in [7, 11) is 1.65. The molecule has 0 fully saturated rings. The molecule has 1 aromatic carbocycles. The second kappa shape index (κ2) is 12.4. The monoisotopic (exact) mass is 540 g/mol. The third kappa shape index (κ3) is 7.17. The lowest BCUT2D eigenvalue weighted by Gasteiger charge is -2.11. The third-order valence-corrected chi connectivity index (χ3v) is 4.44. The summed E-state index contributed by atoms with van der Waals surface area (Å²) in [5.41, 5.74) is 2.98. The first kappa shape index (κ1) is 23.9. The Kier molecular flexibility index (Phi) is 9.88. The minimum atomic E-state index is 0.